The SMILES string of the molecule is COc1ccc(C(O)CN(C)C(=O)C2CCCO2)cc1. The van der Waals surface area contributed by atoms with Crippen LogP contribution in [0.2, 0.25) is 0 Å². The summed E-state index contributed by atoms with van der Waals surface area (Å²) in [5.74, 6) is 0.680. The number of hydrogen-bond acceptors (Lipinski definition) is 4. The standard InChI is InChI=1S/C15H21NO4/c1-16(15(18)14-4-3-9-20-14)10-13(17)11-5-7-12(19-2)8-6-11/h5-8,13-14,17H,3-4,9-10H2,1-2H3. The molecule has 0 spiro atoms. The summed E-state index contributed by atoms with van der Waals surface area (Å²) in [5.41, 5.74) is 0.762. The Bertz CT molecular complexity index is 440. The molecule has 1 heterocycles. The van der Waals surface area contributed by atoms with Crippen molar-refractivity contribution in [3.63, 3.8) is 0 Å². The first-order valence-electron chi connectivity index (χ1n) is 6.80. The van der Waals surface area contributed by atoms with E-state index in [1.807, 2.05) is 0 Å². The lowest BCUT2D eigenvalue weighted by molar-refractivity contribution is -0.140. The normalized spacial score (nSPS) is 19.6. The van der Waals surface area contributed by atoms with E-state index >= 15 is 0 Å². The molecule has 5 heteroatoms. The van der Waals surface area contributed by atoms with Gasteiger partial charge in [-0.15, -0.1) is 0 Å². The van der Waals surface area contributed by atoms with Gasteiger partial charge in [-0.3, -0.25) is 4.79 Å². The molecule has 0 bridgehead atoms. The lowest BCUT2D eigenvalue weighted by Gasteiger charge is -2.23. The van der Waals surface area contributed by atoms with E-state index in [9.17, 15) is 9.90 Å². The van der Waals surface area contributed by atoms with Gasteiger partial charge >= 0.3 is 0 Å². The van der Waals surface area contributed by atoms with E-state index in [0.717, 1.165) is 24.2 Å². The van der Waals surface area contributed by atoms with Crippen molar-refractivity contribution in [2.24, 2.45) is 0 Å². The van der Waals surface area contributed by atoms with Crippen LogP contribution in [0.5, 0.6) is 5.75 Å². The van der Waals surface area contributed by atoms with E-state index < -0.39 is 6.10 Å². The van der Waals surface area contributed by atoms with Crippen molar-refractivity contribution in [1.29, 1.82) is 0 Å². The Balaban J connectivity index is 1.91. The number of hydrogen-bond donors (Lipinski definition) is 1. The number of benzene rings is 1. The van der Waals surface area contributed by atoms with E-state index in [1.54, 1.807) is 38.4 Å². The Morgan fingerprint density at radius 3 is 2.75 bits per heavy atom. The van der Waals surface area contributed by atoms with Gasteiger partial charge in [0.15, 0.2) is 0 Å². The van der Waals surface area contributed by atoms with E-state index in [1.165, 1.54) is 4.90 Å². The maximum absolute atomic E-state index is 12.1. The molecule has 1 aromatic rings. The molecule has 110 valence electrons. The Hall–Kier alpha value is -1.59. The number of rotatable bonds is 5. The third kappa shape index (κ3) is 3.49. The van der Waals surface area contributed by atoms with Crippen LogP contribution in [0.15, 0.2) is 24.3 Å². The molecule has 0 saturated carbocycles. The largest absolute Gasteiger partial charge is 0.497 e. The molecule has 2 unspecified atom stereocenters. The van der Waals surface area contributed by atoms with Crippen molar-refractivity contribution < 1.29 is 19.4 Å². The van der Waals surface area contributed by atoms with Gasteiger partial charge in [0.1, 0.15) is 11.9 Å². The fourth-order valence-corrected chi connectivity index (χ4v) is 2.30. The van der Waals surface area contributed by atoms with Crippen LogP contribution in [0.3, 0.4) is 0 Å². The molecule has 0 radical (unpaired) electrons. The molecule has 2 rings (SSSR count). The van der Waals surface area contributed by atoms with Gasteiger partial charge in [0.25, 0.3) is 5.91 Å². The van der Waals surface area contributed by atoms with Crippen molar-refractivity contribution in [2.45, 2.75) is 25.0 Å². The van der Waals surface area contributed by atoms with Crippen molar-refractivity contribution in [1.82, 2.24) is 4.90 Å². The minimum atomic E-state index is -0.712. The van der Waals surface area contributed by atoms with Gasteiger partial charge in [0.05, 0.1) is 19.8 Å². The highest BCUT2D eigenvalue weighted by molar-refractivity contribution is 5.80. The Morgan fingerprint density at radius 1 is 1.50 bits per heavy atom. The molecule has 2 atom stereocenters. The third-order valence-corrected chi connectivity index (χ3v) is 3.53. The predicted molar refractivity (Wildman–Crippen MR) is 74.6 cm³/mol. The second kappa shape index (κ2) is 6.72. The van der Waals surface area contributed by atoms with E-state index in [-0.39, 0.29) is 18.6 Å². The minimum absolute atomic E-state index is 0.0601. The van der Waals surface area contributed by atoms with E-state index in [2.05, 4.69) is 0 Å². The number of aliphatic hydroxyl groups excluding tert-OH is 1. The summed E-state index contributed by atoms with van der Waals surface area (Å²) < 4.78 is 10.4. The van der Waals surface area contributed by atoms with Crippen LogP contribution in [0.4, 0.5) is 0 Å². The zero-order chi connectivity index (χ0) is 14.5. The fraction of sp³-hybridized carbons (Fsp3) is 0.533. The summed E-state index contributed by atoms with van der Waals surface area (Å²) in [4.78, 5) is 13.6. The Morgan fingerprint density at radius 2 is 2.20 bits per heavy atom. The van der Waals surface area contributed by atoms with Crippen LogP contribution in [0.1, 0.15) is 24.5 Å². The molecular weight excluding hydrogens is 258 g/mol. The first kappa shape index (κ1) is 14.8. The van der Waals surface area contributed by atoms with Crippen LogP contribution in [-0.4, -0.2) is 49.3 Å². The first-order chi connectivity index (χ1) is 9.61. The fourth-order valence-electron chi connectivity index (χ4n) is 2.30. The molecule has 1 aliphatic heterocycles. The summed E-state index contributed by atoms with van der Waals surface area (Å²) in [5, 5.41) is 10.2. The number of methoxy groups -OCH3 is 1. The van der Waals surface area contributed by atoms with Gasteiger partial charge in [-0.2, -0.15) is 0 Å². The number of ether oxygens (including phenoxy) is 2. The van der Waals surface area contributed by atoms with Crippen LogP contribution in [-0.2, 0) is 9.53 Å². The molecule has 0 aromatic heterocycles. The second-order valence-electron chi connectivity index (χ2n) is 5.01. The van der Waals surface area contributed by atoms with Crippen molar-refractivity contribution in [3.05, 3.63) is 29.8 Å². The number of carbonyl (C=O) groups excluding carboxylic acids is 1. The number of nitrogens with zero attached hydrogens (tertiary/aromatic N) is 1. The van der Waals surface area contributed by atoms with Gasteiger partial charge in [-0.05, 0) is 30.5 Å². The lowest BCUT2D eigenvalue weighted by atomic mass is 10.1. The van der Waals surface area contributed by atoms with Crippen molar-refractivity contribution in [2.75, 3.05) is 27.3 Å². The van der Waals surface area contributed by atoms with Gasteiger partial charge in [0.2, 0.25) is 0 Å². The number of amides is 1. The average molecular weight is 279 g/mol. The molecule has 1 aromatic carbocycles. The number of likely N-dealkylation sites (N-methyl/N-ethyl adjacent to an activating group) is 1. The zero-order valence-electron chi connectivity index (χ0n) is 11.9. The Kier molecular flexibility index (Phi) is 4.98. The molecule has 1 fully saturated rings. The van der Waals surface area contributed by atoms with Crippen molar-refractivity contribution >= 4 is 5.91 Å². The zero-order valence-corrected chi connectivity index (χ0v) is 11.9. The maximum atomic E-state index is 12.1. The van der Waals surface area contributed by atoms with Gasteiger partial charge in [0, 0.05) is 13.7 Å². The van der Waals surface area contributed by atoms with Gasteiger partial charge < -0.3 is 19.5 Å². The quantitative estimate of drug-likeness (QED) is 0.884. The molecule has 1 amide bonds. The highest BCUT2D eigenvalue weighted by Crippen LogP contribution is 2.20. The molecular formula is C15H21NO4. The van der Waals surface area contributed by atoms with Crippen LogP contribution < -0.4 is 4.74 Å². The summed E-state index contributed by atoms with van der Waals surface area (Å²) in [7, 11) is 3.29. The number of aliphatic hydroxyl groups is 1. The second-order valence-corrected chi connectivity index (χ2v) is 5.01. The molecule has 1 N–H and O–H groups in total. The Labute approximate surface area is 119 Å². The van der Waals surface area contributed by atoms with Crippen LogP contribution >= 0.6 is 0 Å². The molecule has 1 aliphatic rings. The van der Waals surface area contributed by atoms with E-state index in [4.69, 9.17) is 9.47 Å². The summed E-state index contributed by atoms with van der Waals surface area (Å²) in [6, 6.07) is 7.18. The summed E-state index contributed by atoms with van der Waals surface area (Å²) >= 11 is 0. The van der Waals surface area contributed by atoms with E-state index in [0.29, 0.717) is 6.61 Å². The van der Waals surface area contributed by atoms with Crippen molar-refractivity contribution in [3.8, 4) is 5.75 Å². The highest BCUT2D eigenvalue weighted by atomic mass is 16.5. The number of carbonyl (C=O) groups is 1. The topological polar surface area (TPSA) is 59.0 Å². The third-order valence-electron chi connectivity index (χ3n) is 3.53. The molecule has 20 heavy (non-hydrogen) atoms. The molecule has 0 aliphatic carbocycles. The monoisotopic (exact) mass is 279 g/mol. The minimum Gasteiger partial charge on any atom is -0.497 e. The summed E-state index contributed by atoms with van der Waals surface area (Å²) in [6.07, 6.45) is 0.631. The lowest BCUT2D eigenvalue weighted by Crippen LogP contribution is -2.38. The molecule has 1 saturated heterocycles. The average Bonchev–Trinajstić information content (AvgIpc) is 3.00. The smallest absolute Gasteiger partial charge is 0.251 e. The molecule has 5 nitrogen and oxygen atoms in total. The van der Waals surface area contributed by atoms with Gasteiger partial charge in [-0.1, -0.05) is 12.1 Å². The highest BCUT2D eigenvalue weighted by Gasteiger charge is 2.27. The van der Waals surface area contributed by atoms with Crippen LogP contribution in [0, 0.1) is 0 Å². The van der Waals surface area contributed by atoms with Crippen LogP contribution in [0.25, 0.3) is 0 Å². The van der Waals surface area contributed by atoms with Gasteiger partial charge in [-0.25, -0.2) is 0 Å². The maximum Gasteiger partial charge on any atom is 0.251 e. The first-order valence-corrected chi connectivity index (χ1v) is 6.80. The summed E-state index contributed by atoms with van der Waals surface area (Å²) in [6.45, 7) is 0.899. The predicted octanol–water partition coefficient (Wildman–Crippen LogP) is 1.37.